The summed E-state index contributed by atoms with van der Waals surface area (Å²) in [5.41, 5.74) is 10.7. The Kier molecular flexibility index (Phi) is 8.08. The molecule has 11 nitrogen and oxygen atoms in total. The van der Waals surface area contributed by atoms with Gasteiger partial charge in [0.2, 0.25) is 5.90 Å². The monoisotopic (exact) mass is 679 g/mol. The van der Waals surface area contributed by atoms with Gasteiger partial charge >= 0.3 is 0 Å². The molecule has 4 fully saturated rings. The highest BCUT2D eigenvalue weighted by molar-refractivity contribution is 6.11. The molecule has 0 radical (unpaired) electrons. The minimum atomic E-state index is -0.607. The van der Waals surface area contributed by atoms with Crippen molar-refractivity contribution >= 4 is 11.7 Å². The highest BCUT2D eigenvalue weighted by atomic mass is 16.5. The zero-order chi connectivity index (χ0) is 34.8. The van der Waals surface area contributed by atoms with Crippen molar-refractivity contribution in [3.05, 3.63) is 77.9 Å². The van der Waals surface area contributed by atoms with Crippen LogP contribution >= 0.6 is 0 Å². The Bertz CT molecular complexity index is 1830. The molecule has 8 rings (SSSR count). The number of hydrogen-bond acceptors (Lipinski definition) is 10. The summed E-state index contributed by atoms with van der Waals surface area (Å²) in [6.45, 7) is 12.6. The molecule has 3 aromatic rings. The van der Waals surface area contributed by atoms with Crippen molar-refractivity contribution in [1.29, 1.82) is 0 Å². The molecule has 11 heteroatoms. The number of benzene rings is 2. The molecule has 3 atom stereocenters. The second-order valence-electron chi connectivity index (χ2n) is 15.4. The molecule has 4 heterocycles. The van der Waals surface area contributed by atoms with E-state index in [1.54, 1.807) is 0 Å². The number of piperidine rings is 1. The molecule has 4 N–H and O–H groups in total. The first-order valence-electron chi connectivity index (χ1n) is 18.1. The lowest BCUT2D eigenvalue weighted by molar-refractivity contribution is -0.115. The number of rotatable bonds is 9. The zero-order valence-electron chi connectivity index (χ0n) is 29.7. The molecule has 50 heavy (non-hydrogen) atoms. The Morgan fingerprint density at radius 2 is 1.70 bits per heavy atom. The van der Waals surface area contributed by atoms with E-state index in [1.807, 2.05) is 69.8 Å². The third kappa shape index (κ3) is 6.09. The Morgan fingerprint density at radius 3 is 2.36 bits per heavy atom. The molecule has 2 aromatic carbocycles. The van der Waals surface area contributed by atoms with Gasteiger partial charge in [0, 0.05) is 37.5 Å². The quantitative estimate of drug-likeness (QED) is 0.289. The highest BCUT2D eigenvalue weighted by Gasteiger charge is 2.71. The summed E-state index contributed by atoms with van der Waals surface area (Å²) in [6.07, 6.45) is 7.81. The Labute approximate surface area is 294 Å². The van der Waals surface area contributed by atoms with E-state index in [0.717, 1.165) is 91.4 Å². The first kappa shape index (κ1) is 33.0. The molecule has 2 saturated carbocycles. The summed E-state index contributed by atoms with van der Waals surface area (Å²) in [5, 5.41) is 11.7. The number of carbonyl (C=O) groups excluding carboxylic acids is 1. The molecule has 0 amide bonds. The maximum atomic E-state index is 12.8. The van der Waals surface area contributed by atoms with Gasteiger partial charge in [0.15, 0.2) is 12.1 Å². The average Bonchev–Trinajstić information content (AvgIpc) is 3.81. The standard InChI is InChI=1S/C39H49N7O4/c1-24(2)48-29-9-6-27(7-10-29)28-8-11-30(31(20-28)46-17-12-26(5)44-46)38(13-14-38)50-33-21-32(42-36(40)43-33)45-18-15-37(16-19-45)22-39(41-23-37)34(47)35(39)49-25(3)4/h6-12,17,20-21,24-25,35-36,41-42H,13-16,18-19,22-23,40H2,1-5H3. The van der Waals surface area contributed by atoms with Crippen molar-refractivity contribution < 1.29 is 19.0 Å². The molecular weight excluding hydrogens is 630 g/mol. The molecular formula is C39H49N7O4. The lowest BCUT2D eigenvalue weighted by Crippen LogP contribution is -2.49. The first-order valence-corrected chi connectivity index (χ1v) is 18.1. The van der Waals surface area contributed by atoms with Crippen LogP contribution < -0.4 is 21.1 Å². The molecule has 2 saturated heterocycles. The van der Waals surface area contributed by atoms with Crippen LogP contribution in [0.2, 0.25) is 0 Å². The van der Waals surface area contributed by atoms with E-state index < -0.39 is 17.4 Å². The minimum Gasteiger partial charge on any atom is -0.491 e. The summed E-state index contributed by atoms with van der Waals surface area (Å²) in [4.78, 5) is 19.8. The van der Waals surface area contributed by atoms with Crippen LogP contribution in [0.4, 0.5) is 0 Å². The van der Waals surface area contributed by atoms with Crippen LogP contribution in [0.5, 0.6) is 5.75 Å². The normalized spacial score (nSPS) is 26.3. The van der Waals surface area contributed by atoms with E-state index in [1.165, 1.54) is 0 Å². The van der Waals surface area contributed by atoms with Gasteiger partial charge in [-0.3, -0.25) is 10.5 Å². The lowest BCUT2D eigenvalue weighted by Gasteiger charge is -2.42. The number of nitrogens with one attached hydrogen (secondary N) is 2. The predicted octanol–water partition coefficient (Wildman–Crippen LogP) is 4.92. The van der Waals surface area contributed by atoms with Gasteiger partial charge in [0.1, 0.15) is 28.8 Å². The summed E-state index contributed by atoms with van der Waals surface area (Å²) >= 11 is 0. The first-order chi connectivity index (χ1) is 24.0. The smallest absolute Gasteiger partial charge is 0.216 e. The Balaban J connectivity index is 0.994. The van der Waals surface area contributed by atoms with Crippen molar-refractivity contribution in [3.63, 3.8) is 0 Å². The largest absolute Gasteiger partial charge is 0.491 e. The Hall–Kier alpha value is -4.19. The topological polar surface area (TPSA) is 128 Å². The third-order valence-corrected chi connectivity index (χ3v) is 10.9. The van der Waals surface area contributed by atoms with Gasteiger partial charge in [-0.1, -0.05) is 24.3 Å². The molecule has 2 aliphatic carbocycles. The van der Waals surface area contributed by atoms with Crippen molar-refractivity contribution in [2.75, 3.05) is 19.6 Å². The fourth-order valence-corrected chi connectivity index (χ4v) is 8.09. The maximum absolute atomic E-state index is 12.8. The van der Waals surface area contributed by atoms with Crippen LogP contribution in [0, 0.1) is 12.3 Å². The fraction of sp³-hybridized carbons (Fsp3) is 0.513. The van der Waals surface area contributed by atoms with E-state index in [0.29, 0.717) is 5.90 Å². The molecule has 264 valence electrons. The number of aromatic nitrogens is 2. The lowest BCUT2D eigenvalue weighted by atomic mass is 9.76. The maximum Gasteiger partial charge on any atom is 0.216 e. The van der Waals surface area contributed by atoms with Gasteiger partial charge in [-0.15, -0.1) is 0 Å². The predicted molar refractivity (Wildman–Crippen MR) is 192 cm³/mol. The number of nitrogens with zero attached hydrogens (tertiary/aromatic N) is 4. The summed E-state index contributed by atoms with van der Waals surface area (Å²) < 4.78 is 20.6. The second kappa shape index (κ2) is 12.2. The fourth-order valence-electron chi connectivity index (χ4n) is 8.09. The van der Waals surface area contributed by atoms with E-state index in [2.05, 4.69) is 50.9 Å². The number of ketones is 1. The number of Topliss-reactive ketones (excluding diaryl/α,β-unsaturated/α-hetero) is 1. The highest BCUT2D eigenvalue weighted by Crippen LogP contribution is 2.54. The molecule has 1 aromatic heterocycles. The van der Waals surface area contributed by atoms with Crippen LogP contribution in [0.15, 0.2) is 71.6 Å². The van der Waals surface area contributed by atoms with E-state index in [9.17, 15) is 4.79 Å². The van der Waals surface area contributed by atoms with Crippen molar-refractivity contribution in [2.45, 2.75) is 102 Å². The number of aliphatic imine (C=N–C) groups is 1. The van der Waals surface area contributed by atoms with E-state index in [4.69, 9.17) is 25.0 Å². The summed E-state index contributed by atoms with van der Waals surface area (Å²) in [5.74, 6) is 2.54. The van der Waals surface area contributed by atoms with Crippen LogP contribution in [-0.2, 0) is 19.9 Å². The van der Waals surface area contributed by atoms with Gasteiger partial charge in [0.05, 0.1) is 23.6 Å². The average molecular weight is 680 g/mol. The van der Waals surface area contributed by atoms with Gasteiger partial charge in [-0.05, 0) is 108 Å². The zero-order valence-corrected chi connectivity index (χ0v) is 29.7. The second-order valence-corrected chi connectivity index (χ2v) is 15.4. The SMILES string of the molecule is Cc1ccn(-c2cc(-c3ccc(OC(C)C)cc3)ccc2C2(OC3=NC(N)NC(N4CCC5(CC4)CNC4(C5)C(=O)C4OC(C)C)=C3)CC2)n1. The van der Waals surface area contributed by atoms with Gasteiger partial charge in [0.25, 0.3) is 0 Å². The molecule has 2 spiro atoms. The number of likely N-dealkylation sites (tertiary alicyclic amines) is 1. The number of aryl methyl sites for hydroxylation is 1. The van der Waals surface area contributed by atoms with Crippen LogP contribution in [0.1, 0.15) is 71.1 Å². The van der Waals surface area contributed by atoms with Crippen molar-refractivity contribution in [1.82, 2.24) is 25.3 Å². The molecule has 3 unspecified atom stereocenters. The molecule has 5 aliphatic rings. The van der Waals surface area contributed by atoms with Crippen LogP contribution in [-0.4, -0.2) is 76.1 Å². The summed E-state index contributed by atoms with van der Waals surface area (Å²) in [7, 11) is 0. The number of carbonyl (C=O) groups is 1. The van der Waals surface area contributed by atoms with Gasteiger partial charge < -0.3 is 29.7 Å². The van der Waals surface area contributed by atoms with Crippen molar-refractivity contribution in [3.8, 4) is 22.6 Å². The van der Waals surface area contributed by atoms with Gasteiger partial charge in [-0.25, -0.2) is 9.67 Å². The molecule has 0 bridgehead atoms. The minimum absolute atomic E-state index is 0.0407. The van der Waals surface area contributed by atoms with Crippen LogP contribution in [0.3, 0.4) is 0 Å². The van der Waals surface area contributed by atoms with E-state index in [-0.39, 0.29) is 29.5 Å². The third-order valence-electron chi connectivity index (χ3n) is 10.9. The molecule has 3 aliphatic heterocycles. The van der Waals surface area contributed by atoms with Gasteiger partial charge in [-0.2, -0.15) is 5.10 Å². The van der Waals surface area contributed by atoms with Crippen LogP contribution in [0.25, 0.3) is 16.8 Å². The Morgan fingerprint density at radius 1 is 0.960 bits per heavy atom. The summed E-state index contributed by atoms with van der Waals surface area (Å²) in [6, 6.07) is 16.8. The van der Waals surface area contributed by atoms with Crippen molar-refractivity contribution in [2.24, 2.45) is 16.1 Å². The number of nitrogens with two attached hydrogens (primary N) is 1. The number of ether oxygens (including phenoxy) is 3. The number of hydrogen-bond donors (Lipinski definition) is 3. The van der Waals surface area contributed by atoms with E-state index >= 15 is 0 Å².